The molecule has 0 rings (SSSR count). The number of esters is 1. The third-order valence-electron chi connectivity index (χ3n) is 1.99. The molecule has 0 aromatic heterocycles. The van der Waals surface area contributed by atoms with E-state index in [-0.39, 0.29) is 23.4 Å². The lowest BCUT2D eigenvalue weighted by molar-refractivity contribution is -0.146. The quantitative estimate of drug-likeness (QED) is 0.757. The number of ether oxygens (including phenoxy) is 2. The van der Waals surface area contributed by atoms with E-state index in [2.05, 4.69) is 5.32 Å². The van der Waals surface area contributed by atoms with Gasteiger partial charge in [-0.3, -0.25) is 4.79 Å². The molecule has 0 aliphatic rings. The topological polar surface area (TPSA) is 81.7 Å². The van der Waals surface area contributed by atoms with Crippen molar-refractivity contribution in [2.24, 2.45) is 5.92 Å². The van der Waals surface area contributed by atoms with Gasteiger partial charge in [-0.05, 0) is 26.7 Å². The summed E-state index contributed by atoms with van der Waals surface area (Å²) in [4.78, 5) is 34.7. The van der Waals surface area contributed by atoms with Crippen molar-refractivity contribution in [2.45, 2.75) is 53.2 Å². The average molecular weight is 319 g/mol. The van der Waals surface area contributed by atoms with Gasteiger partial charge in [0.05, 0.1) is 6.61 Å². The Bertz CT molecular complexity index is 376. The number of hydrogen-bond donors (Lipinski definition) is 1. The van der Waals surface area contributed by atoms with Crippen LogP contribution in [0.5, 0.6) is 0 Å². The summed E-state index contributed by atoms with van der Waals surface area (Å²) in [6.45, 7) is 10.7. The number of nitrogens with one attached hydrogen (secondary N) is 1. The molecule has 7 heteroatoms. The Morgan fingerprint density at radius 1 is 1.19 bits per heavy atom. The first kappa shape index (κ1) is 19.8. The summed E-state index contributed by atoms with van der Waals surface area (Å²) in [6, 6.07) is -0.910. The average Bonchev–Trinajstić information content (AvgIpc) is 2.28. The van der Waals surface area contributed by atoms with Crippen molar-refractivity contribution in [3.63, 3.8) is 0 Å². The van der Waals surface area contributed by atoms with Gasteiger partial charge in [0.1, 0.15) is 11.6 Å². The van der Waals surface area contributed by atoms with E-state index in [1.54, 1.807) is 20.8 Å². The SMILES string of the molecule is CC(=O)SCC(NC(=O)OC(C)(C)C)C(=O)OCC(C)C. The zero-order valence-electron chi connectivity index (χ0n) is 13.5. The number of alkyl carbamates (subject to hydrolysis) is 1. The summed E-state index contributed by atoms with van der Waals surface area (Å²) in [5.74, 6) is -0.259. The number of rotatable bonds is 6. The van der Waals surface area contributed by atoms with Gasteiger partial charge in [0.15, 0.2) is 5.12 Å². The molecule has 0 radical (unpaired) electrons. The third kappa shape index (κ3) is 11.1. The second-order valence-corrected chi connectivity index (χ2v) is 7.22. The molecule has 0 bridgehead atoms. The second kappa shape index (κ2) is 8.92. The van der Waals surface area contributed by atoms with Crippen molar-refractivity contribution in [2.75, 3.05) is 12.4 Å². The number of carbonyl (C=O) groups is 3. The second-order valence-electron chi connectivity index (χ2n) is 6.03. The lowest BCUT2D eigenvalue weighted by Gasteiger charge is -2.22. The lowest BCUT2D eigenvalue weighted by Crippen LogP contribution is -2.46. The van der Waals surface area contributed by atoms with Crippen LogP contribution >= 0.6 is 11.8 Å². The first-order chi connectivity index (χ1) is 9.51. The summed E-state index contributed by atoms with van der Waals surface area (Å²) >= 11 is 0.952. The van der Waals surface area contributed by atoms with Crippen LogP contribution in [0.4, 0.5) is 4.79 Å². The van der Waals surface area contributed by atoms with Gasteiger partial charge in [-0.25, -0.2) is 9.59 Å². The van der Waals surface area contributed by atoms with E-state index in [4.69, 9.17) is 9.47 Å². The Hall–Kier alpha value is -1.24. The summed E-state index contributed by atoms with van der Waals surface area (Å²) in [6.07, 6.45) is -0.710. The highest BCUT2D eigenvalue weighted by atomic mass is 32.2. The molecule has 0 spiro atoms. The molecule has 1 atom stereocenters. The third-order valence-corrected chi connectivity index (χ3v) is 2.89. The van der Waals surface area contributed by atoms with Gasteiger partial charge in [-0.1, -0.05) is 25.6 Å². The van der Waals surface area contributed by atoms with Crippen LogP contribution in [0.3, 0.4) is 0 Å². The van der Waals surface area contributed by atoms with Crippen molar-refractivity contribution in [3.8, 4) is 0 Å². The van der Waals surface area contributed by atoms with E-state index < -0.39 is 23.7 Å². The van der Waals surface area contributed by atoms with Crippen LogP contribution in [0.1, 0.15) is 41.5 Å². The fourth-order valence-corrected chi connectivity index (χ4v) is 1.79. The molecule has 0 saturated heterocycles. The van der Waals surface area contributed by atoms with Crippen molar-refractivity contribution >= 4 is 28.9 Å². The van der Waals surface area contributed by atoms with Gasteiger partial charge >= 0.3 is 12.1 Å². The first-order valence-corrected chi connectivity index (χ1v) is 7.79. The van der Waals surface area contributed by atoms with Gasteiger partial charge in [-0.15, -0.1) is 0 Å². The normalized spacial score (nSPS) is 12.7. The number of amides is 1. The molecular weight excluding hydrogens is 294 g/mol. The Morgan fingerprint density at radius 3 is 2.19 bits per heavy atom. The van der Waals surface area contributed by atoms with E-state index >= 15 is 0 Å². The summed E-state index contributed by atoms with van der Waals surface area (Å²) in [5.41, 5.74) is -0.663. The van der Waals surface area contributed by atoms with E-state index in [0.29, 0.717) is 0 Å². The molecule has 1 amide bonds. The van der Waals surface area contributed by atoms with Crippen molar-refractivity contribution in [1.29, 1.82) is 0 Å². The smallest absolute Gasteiger partial charge is 0.408 e. The molecule has 1 N–H and O–H groups in total. The molecule has 6 nitrogen and oxygen atoms in total. The molecule has 0 fully saturated rings. The Balaban J connectivity index is 4.61. The lowest BCUT2D eigenvalue weighted by atomic mass is 10.2. The maximum atomic E-state index is 11.9. The van der Waals surface area contributed by atoms with Crippen molar-refractivity contribution < 1.29 is 23.9 Å². The summed E-state index contributed by atoms with van der Waals surface area (Å²) < 4.78 is 10.2. The van der Waals surface area contributed by atoms with Crippen molar-refractivity contribution in [1.82, 2.24) is 5.32 Å². The van der Waals surface area contributed by atoms with Crippen molar-refractivity contribution in [3.05, 3.63) is 0 Å². The zero-order valence-corrected chi connectivity index (χ0v) is 14.3. The van der Waals surface area contributed by atoms with E-state index in [0.717, 1.165) is 11.8 Å². The predicted octanol–water partition coefficient (Wildman–Crippen LogP) is 2.36. The van der Waals surface area contributed by atoms with E-state index in [1.807, 2.05) is 13.8 Å². The molecule has 0 saturated carbocycles. The maximum Gasteiger partial charge on any atom is 0.408 e. The largest absolute Gasteiger partial charge is 0.464 e. The molecular formula is C14H25NO5S. The molecule has 1 unspecified atom stereocenters. The molecule has 122 valence electrons. The van der Waals surface area contributed by atoms with Gasteiger partial charge in [0.2, 0.25) is 0 Å². The minimum atomic E-state index is -0.910. The van der Waals surface area contributed by atoms with Crippen LogP contribution in [0.25, 0.3) is 0 Å². The highest BCUT2D eigenvalue weighted by molar-refractivity contribution is 8.13. The fraction of sp³-hybridized carbons (Fsp3) is 0.786. The highest BCUT2D eigenvalue weighted by Crippen LogP contribution is 2.10. The van der Waals surface area contributed by atoms with Crippen LogP contribution < -0.4 is 5.32 Å². The van der Waals surface area contributed by atoms with Gasteiger partial charge in [0, 0.05) is 12.7 Å². The molecule has 21 heavy (non-hydrogen) atoms. The van der Waals surface area contributed by atoms with Gasteiger partial charge in [0.25, 0.3) is 0 Å². The van der Waals surface area contributed by atoms with Gasteiger partial charge in [-0.2, -0.15) is 0 Å². The minimum absolute atomic E-state index is 0.117. The molecule has 0 aliphatic carbocycles. The Labute approximate surface area is 130 Å². The Kier molecular flexibility index (Phi) is 8.39. The van der Waals surface area contributed by atoms with Crippen LogP contribution in [-0.2, 0) is 19.1 Å². The standard InChI is InChI=1S/C14H25NO5S/c1-9(2)7-19-12(17)11(8-21-10(3)16)15-13(18)20-14(4,5)6/h9,11H,7-8H2,1-6H3,(H,15,18). The highest BCUT2D eigenvalue weighted by Gasteiger charge is 2.26. The zero-order chi connectivity index (χ0) is 16.6. The predicted molar refractivity (Wildman–Crippen MR) is 82.1 cm³/mol. The minimum Gasteiger partial charge on any atom is -0.464 e. The Morgan fingerprint density at radius 2 is 1.76 bits per heavy atom. The first-order valence-electron chi connectivity index (χ1n) is 6.80. The van der Waals surface area contributed by atoms with Crippen LogP contribution in [-0.4, -0.2) is 41.2 Å². The van der Waals surface area contributed by atoms with Crippen LogP contribution in [0.15, 0.2) is 0 Å². The summed E-state index contributed by atoms with van der Waals surface area (Å²) in [7, 11) is 0. The van der Waals surface area contributed by atoms with Crippen LogP contribution in [0, 0.1) is 5.92 Å². The molecule has 0 heterocycles. The fourth-order valence-electron chi connectivity index (χ4n) is 1.17. The maximum absolute atomic E-state index is 11.9. The summed E-state index contributed by atoms with van der Waals surface area (Å²) in [5, 5.41) is 2.31. The van der Waals surface area contributed by atoms with Crippen LogP contribution in [0.2, 0.25) is 0 Å². The number of hydrogen-bond acceptors (Lipinski definition) is 6. The van der Waals surface area contributed by atoms with E-state index in [1.165, 1.54) is 6.92 Å². The molecule has 0 aromatic carbocycles. The van der Waals surface area contributed by atoms with Gasteiger partial charge < -0.3 is 14.8 Å². The number of thioether (sulfide) groups is 1. The monoisotopic (exact) mass is 319 g/mol. The molecule has 0 aliphatic heterocycles. The van der Waals surface area contributed by atoms with E-state index in [9.17, 15) is 14.4 Å². The molecule has 0 aromatic rings. The number of carbonyl (C=O) groups excluding carboxylic acids is 3.